The average Bonchev–Trinajstić information content (AvgIpc) is 2.63. The van der Waals surface area contributed by atoms with Gasteiger partial charge in [-0.15, -0.1) is 0 Å². The number of rotatable bonds is 5. The molecule has 136 valence electrons. The maximum absolute atomic E-state index is 12.0. The van der Waals surface area contributed by atoms with E-state index < -0.39 is 11.8 Å². The van der Waals surface area contributed by atoms with Gasteiger partial charge in [-0.05, 0) is 24.3 Å². The van der Waals surface area contributed by atoms with Crippen LogP contribution in [0.2, 0.25) is 10.0 Å². The Kier molecular flexibility index (Phi) is 6.82. The van der Waals surface area contributed by atoms with Crippen molar-refractivity contribution < 1.29 is 19.1 Å². The van der Waals surface area contributed by atoms with Crippen molar-refractivity contribution >= 4 is 46.9 Å². The molecule has 0 aliphatic carbocycles. The average molecular weight is 396 g/mol. The molecule has 9 heteroatoms. The van der Waals surface area contributed by atoms with E-state index >= 15 is 0 Å². The van der Waals surface area contributed by atoms with Gasteiger partial charge in [-0.2, -0.15) is 5.10 Å². The van der Waals surface area contributed by atoms with Crippen LogP contribution in [0.3, 0.4) is 0 Å². The highest BCUT2D eigenvalue weighted by molar-refractivity contribution is 6.40. The lowest BCUT2D eigenvalue weighted by Gasteiger charge is -2.11. The summed E-state index contributed by atoms with van der Waals surface area (Å²) < 4.78 is 10.2. The first-order valence-corrected chi connectivity index (χ1v) is 8.02. The van der Waals surface area contributed by atoms with Crippen LogP contribution in [0.1, 0.15) is 5.56 Å². The Morgan fingerprint density at radius 3 is 2.35 bits per heavy atom. The van der Waals surface area contributed by atoms with E-state index in [1.807, 2.05) is 0 Å². The smallest absolute Gasteiger partial charge is 0.329 e. The fraction of sp³-hybridized carbons (Fsp3) is 0.118. The maximum atomic E-state index is 12.0. The van der Waals surface area contributed by atoms with Crippen LogP contribution in [0.5, 0.6) is 11.5 Å². The molecule has 2 rings (SSSR count). The number of ether oxygens (including phenoxy) is 2. The first kappa shape index (κ1) is 19.6. The van der Waals surface area contributed by atoms with Gasteiger partial charge in [0, 0.05) is 11.6 Å². The van der Waals surface area contributed by atoms with Crippen molar-refractivity contribution in [2.75, 3.05) is 19.5 Å². The molecule has 0 saturated heterocycles. The van der Waals surface area contributed by atoms with E-state index in [0.717, 1.165) is 0 Å². The van der Waals surface area contributed by atoms with Gasteiger partial charge in [0.25, 0.3) is 0 Å². The van der Waals surface area contributed by atoms with E-state index in [0.29, 0.717) is 27.1 Å². The van der Waals surface area contributed by atoms with Gasteiger partial charge >= 0.3 is 11.8 Å². The van der Waals surface area contributed by atoms with Gasteiger partial charge in [0.1, 0.15) is 11.5 Å². The van der Waals surface area contributed by atoms with Crippen molar-refractivity contribution in [2.45, 2.75) is 0 Å². The third-order valence-corrected chi connectivity index (χ3v) is 3.88. The highest BCUT2D eigenvalue weighted by atomic mass is 35.5. The van der Waals surface area contributed by atoms with Crippen LogP contribution in [-0.2, 0) is 9.59 Å². The largest absolute Gasteiger partial charge is 0.497 e. The molecular formula is C17H15Cl2N3O4. The van der Waals surface area contributed by atoms with Crippen LogP contribution in [0.4, 0.5) is 5.69 Å². The zero-order chi connectivity index (χ0) is 19.1. The lowest BCUT2D eigenvalue weighted by atomic mass is 10.2. The van der Waals surface area contributed by atoms with Crippen LogP contribution in [-0.4, -0.2) is 32.2 Å². The number of nitrogens with one attached hydrogen (secondary N) is 2. The Morgan fingerprint density at radius 1 is 1.04 bits per heavy atom. The van der Waals surface area contributed by atoms with Gasteiger partial charge in [0.05, 0.1) is 36.2 Å². The number of benzene rings is 2. The Labute approximate surface area is 159 Å². The summed E-state index contributed by atoms with van der Waals surface area (Å²) in [6.07, 6.45) is 1.25. The number of hydrazone groups is 1. The predicted molar refractivity (Wildman–Crippen MR) is 100 cm³/mol. The topological polar surface area (TPSA) is 89.0 Å². The number of anilines is 1. The van der Waals surface area contributed by atoms with Gasteiger partial charge < -0.3 is 14.8 Å². The number of amides is 2. The monoisotopic (exact) mass is 395 g/mol. The molecule has 0 saturated carbocycles. The van der Waals surface area contributed by atoms with E-state index in [4.69, 9.17) is 32.7 Å². The molecule has 0 radical (unpaired) electrons. The highest BCUT2D eigenvalue weighted by Crippen LogP contribution is 2.28. The van der Waals surface area contributed by atoms with Crippen molar-refractivity contribution in [3.8, 4) is 11.5 Å². The maximum Gasteiger partial charge on any atom is 0.329 e. The van der Waals surface area contributed by atoms with Crippen molar-refractivity contribution in [1.82, 2.24) is 5.43 Å². The molecule has 0 unspecified atom stereocenters. The summed E-state index contributed by atoms with van der Waals surface area (Å²) in [7, 11) is 2.92. The molecule has 2 aromatic carbocycles. The van der Waals surface area contributed by atoms with Gasteiger partial charge in [-0.1, -0.05) is 29.3 Å². The zero-order valence-corrected chi connectivity index (χ0v) is 15.4. The van der Waals surface area contributed by atoms with Gasteiger partial charge in [0.15, 0.2) is 0 Å². The summed E-state index contributed by atoms with van der Waals surface area (Å²) in [6.45, 7) is 0. The molecule has 2 aromatic rings. The summed E-state index contributed by atoms with van der Waals surface area (Å²) in [5, 5.41) is 6.84. The number of halogens is 2. The second-order valence-electron chi connectivity index (χ2n) is 4.85. The minimum atomic E-state index is -0.978. The molecule has 0 spiro atoms. The lowest BCUT2D eigenvalue weighted by molar-refractivity contribution is -0.136. The molecular weight excluding hydrogens is 381 g/mol. The Balaban J connectivity index is 2.04. The van der Waals surface area contributed by atoms with Crippen molar-refractivity contribution in [2.24, 2.45) is 5.10 Å². The second-order valence-corrected chi connectivity index (χ2v) is 5.67. The number of hydrogen-bond donors (Lipinski definition) is 2. The van der Waals surface area contributed by atoms with E-state index in [1.54, 1.807) is 30.3 Å². The normalized spacial score (nSPS) is 10.5. The Bertz CT molecular complexity index is 836. The van der Waals surface area contributed by atoms with Crippen LogP contribution in [0, 0.1) is 0 Å². The third kappa shape index (κ3) is 4.87. The Morgan fingerprint density at radius 2 is 1.73 bits per heavy atom. The van der Waals surface area contributed by atoms with E-state index in [1.165, 1.54) is 26.5 Å². The molecule has 0 aromatic heterocycles. The van der Waals surface area contributed by atoms with Crippen LogP contribution >= 0.6 is 23.2 Å². The van der Waals surface area contributed by atoms with Crippen LogP contribution in [0.15, 0.2) is 41.5 Å². The molecule has 0 aliphatic heterocycles. The molecule has 26 heavy (non-hydrogen) atoms. The van der Waals surface area contributed by atoms with Gasteiger partial charge in [-0.25, -0.2) is 5.43 Å². The van der Waals surface area contributed by atoms with Crippen molar-refractivity contribution in [3.05, 3.63) is 52.0 Å². The zero-order valence-electron chi connectivity index (χ0n) is 13.9. The molecule has 2 N–H and O–H groups in total. The summed E-state index contributed by atoms with van der Waals surface area (Å²) in [5.74, 6) is -1.04. The molecule has 0 bridgehead atoms. The molecule has 0 fully saturated rings. The number of nitrogens with zero attached hydrogens (tertiary/aromatic N) is 1. The fourth-order valence-corrected chi connectivity index (χ4v) is 2.43. The SMILES string of the molecule is COc1ccc(OC)c(NC(=O)C(=O)N/N=C\c2c(Cl)cccc2Cl)c1. The van der Waals surface area contributed by atoms with Gasteiger partial charge in [-0.3, -0.25) is 9.59 Å². The molecule has 2 amide bonds. The van der Waals surface area contributed by atoms with Crippen molar-refractivity contribution in [1.29, 1.82) is 0 Å². The van der Waals surface area contributed by atoms with E-state index in [-0.39, 0.29) is 5.69 Å². The second kappa shape index (κ2) is 9.07. The summed E-state index contributed by atoms with van der Waals surface area (Å²) >= 11 is 12.0. The number of methoxy groups -OCH3 is 2. The summed E-state index contributed by atoms with van der Waals surface area (Å²) in [6, 6.07) is 9.71. The number of hydrogen-bond acceptors (Lipinski definition) is 5. The number of carbonyl (C=O) groups is 2. The molecule has 7 nitrogen and oxygen atoms in total. The third-order valence-electron chi connectivity index (χ3n) is 3.22. The first-order valence-electron chi connectivity index (χ1n) is 7.26. The first-order chi connectivity index (χ1) is 12.5. The van der Waals surface area contributed by atoms with Crippen molar-refractivity contribution in [3.63, 3.8) is 0 Å². The minimum Gasteiger partial charge on any atom is -0.497 e. The summed E-state index contributed by atoms with van der Waals surface area (Å²) in [5.41, 5.74) is 2.81. The van der Waals surface area contributed by atoms with Crippen LogP contribution < -0.4 is 20.2 Å². The molecule has 0 heterocycles. The number of carbonyl (C=O) groups excluding carboxylic acids is 2. The minimum absolute atomic E-state index is 0.283. The lowest BCUT2D eigenvalue weighted by Crippen LogP contribution is -2.32. The highest BCUT2D eigenvalue weighted by Gasteiger charge is 2.16. The van der Waals surface area contributed by atoms with E-state index in [2.05, 4.69) is 15.8 Å². The van der Waals surface area contributed by atoms with Gasteiger partial charge in [0.2, 0.25) is 0 Å². The fourth-order valence-electron chi connectivity index (χ4n) is 1.93. The van der Waals surface area contributed by atoms with E-state index in [9.17, 15) is 9.59 Å². The molecule has 0 atom stereocenters. The summed E-state index contributed by atoms with van der Waals surface area (Å²) in [4.78, 5) is 23.9. The Hall–Kier alpha value is -2.77. The quantitative estimate of drug-likeness (QED) is 0.462. The molecule has 0 aliphatic rings. The van der Waals surface area contributed by atoms with Crippen LogP contribution in [0.25, 0.3) is 0 Å². The predicted octanol–water partition coefficient (Wildman–Crippen LogP) is 3.10. The standard InChI is InChI=1S/C17H15Cl2N3O4/c1-25-10-6-7-15(26-2)14(8-10)21-16(23)17(24)22-20-9-11-12(18)4-3-5-13(11)19/h3-9H,1-2H3,(H,21,23)(H,22,24)/b20-9-.